The number of anilines is 1. The minimum atomic E-state index is -1.46. The Bertz CT molecular complexity index is 377. The number of benzene rings is 1. The van der Waals surface area contributed by atoms with Crippen LogP contribution in [0.1, 0.15) is 12.5 Å². The van der Waals surface area contributed by atoms with E-state index in [2.05, 4.69) is 15.9 Å². The van der Waals surface area contributed by atoms with Crippen molar-refractivity contribution >= 4 is 27.6 Å². The maximum absolute atomic E-state index is 10.9. The van der Waals surface area contributed by atoms with Crippen molar-refractivity contribution in [1.82, 2.24) is 0 Å². The first kappa shape index (κ1) is 11.0. The first-order valence-corrected chi connectivity index (χ1v) is 4.73. The van der Waals surface area contributed by atoms with Gasteiger partial charge in [0.1, 0.15) is 5.54 Å². The standard InChI is InChI=1S/C9H11BrN2O2/c1-9(12,8(13)14)6-4-5(10)2-3-7(6)11/h2-4H,11-12H2,1H3,(H,13,14)/t9-/m0/s1. The third kappa shape index (κ3) is 1.88. The van der Waals surface area contributed by atoms with Crippen molar-refractivity contribution in [2.75, 3.05) is 5.73 Å². The van der Waals surface area contributed by atoms with Gasteiger partial charge in [-0.25, -0.2) is 4.79 Å². The number of rotatable bonds is 2. The highest BCUT2D eigenvalue weighted by atomic mass is 79.9. The van der Waals surface area contributed by atoms with Crippen LogP contribution in [0, 0.1) is 0 Å². The highest BCUT2D eigenvalue weighted by Crippen LogP contribution is 2.27. The van der Waals surface area contributed by atoms with E-state index in [1.165, 1.54) is 6.92 Å². The highest BCUT2D eigenvalue weighted by Gasteiger charge is 2.32. The van der Waals surface area contributed by atoms with Gasteiger partial charge in [0, 0.05) is 15.7 Å². The molecule has 0 saturated carbocycles. The molecule has 1 rings (SSSR count). The fraction of sp³-hybridized carbons (Fsp3) is 0.222. The summed E-state index contributed by atoms with van der Waals surface area (Å²) in [5.74, 6) is -1.11. The largest absolute Gasteiger partial charge is 0.480 e. The molecule has 76 valence electrons. The molecular weight excluding hydrogens is 248 g/mol. The average molecular weight is 259 g/mol. The smallest absolute Gasteiger partial charge is 0.328 e. The number of halogens is 1. The fourth-order valence-electron chi connectivity index (χ4n) is 1.09. The number of nitrogens with two attached hydrogens (primary N) is 2. The van der Waals surface area contributed by atoms with Crippen molar-refractivity contribution in [3.05, 3.63) is 28.2 Å². The van der Waals surface area contributed by atoms with E-state index in [1.807, 2.05) is 0 Å². The topological polar surface area (TPSA) is 89.3 Å². The van der Waals surface area contributed by atoms with Crippen LogP contribution in [-0.4, -0.2) is 11.1 Å². The van der Waals surface area contributed by atoms with Crippen LogP contribution in [-0.2, 0) is 10.3 Å². The van der Waals surface area contributed by atoms with Crippen LogP contribution in [0.25, 0.3) is 0 Å². The second-order valence-corrected chi connectivity index (χ2v) is 4.15. The summed E-state index contributed by atoms with van der Waals surface area (Å²) in [6.45, 7) is 1.41. The molecule has 0 aromatic heterocycles. The van der Waals surface area contributed by atoms with Crippen molar-refractivity contribution in [3.8, 4) is 0 Å². The molecule has 0 heterocycles. The molecule has 0 fully saturated rings. The van der Waals surface area contributed by atoms with Gasteiger partial charge in [-0.1, -0.05) is 15.9 Å². The van der Waals surface area contributed by atoms with Gasteiger partial charge in [0.25, 0.3) is 0 Å². The predicted octanol–water partition coefficient (Wildman–Crippen LogP) is 1.29. The molecule has 0 bridgehead atoms. The van der Waals surface area contributed by atoms with Gasteiger partial charge < -0.3 is 16.6 Å². The fourth-order valence-corrected chi connectivity index (χ4v) is 1.45. The Morgan fingerprint density at radius 1 is 1.57 bits per heavy atom. The molecule has 5 heteroatoms. The minimum absolute atomic E-state index is 0.376. The van der Waals surface area contributed by atoms with E-state index in [-0.39, 0.29) is 0 Å². The molecule has 0 unspecified atom stereocenters. The molecule has 1 atom stereocenters. The summed E-state index contributed by atoms with van der Waals surface area (Å²) in [5.41, 5.74) is 10.6. The zero-order valence-electron chi connectivity index (χ0n) is 7.62. The molecular formula is C9H11BrN2O2. The van der Waals surface area contributed by atoms with E-state index < -0.39 is 11.5 Å². The van der Waals surface area contributed by atoms with Crippen LogP contribution >= 0.6 is 15.9 Å². The van der Waals surface area contributed by atoms with Gasteiger partial charge >= 0.3 is 5.97 Å². The summed E-state index contributed by atoms with van der Waals surface area (Å²) in [7, 11) is 0. The SMILES string of the molecule is C[C@@](N)(C(=O)O)c1cc(Br)ccc1N. The Balaban J connectivity index is 3.31. The van der Waals surface area contributed by atoms with Gasteiger partial charge in [-0.3, -0.25) is 0 Å². The van der Waals surface area contributed by atoms with E-state index in [9.17, 15) is 4.79 Å². The van der Waals surface area contributed by atoms with Gasteiger partial charge in [-0.15, -0.1) is 0 Å². The maximum atomic E-state index is 10.9. The summed E-state index contributed by atoms with van der Waals surface area (Å²) >= 11 is 3.23. The van der Waals surface area contributed by atoms with Gasteiger partial charge in [0.2, 0.25) is 0 Å². The average Bonchev–Trinajstić information content (AvgIpc) is 2.08. The Kier molecular flexibility index (Phi) is 2.82. The van der Waals surface area contributed by atoms with E-state index in [1.54, 1.807) is 18.2 Å². The number of hydrogen-bond acceptors (Lipinski definition) is 3. The number of aliphatic carboxylic acids is 1. The minimum Gasteiger partial charge on any atom is -0.480 e. The zero-order chi connectivity index (χ0) is 10.9. The highest BCUT2D eigenvalue weighted by molar-refractivity contribution is 9.10. The predicted molar refractivity (Wildman–Crippen MR) is 57.7 cm³/mol. The van der Waals surface area contributed by atoms with E-state index in [0.29, 0.717) is 11.3 Å². The number of carboxylic acid groups (broad SMARTS) is 1. The van der Waals surface area contributed by atoms with E-state index >= 15 is 0 Å². The maximum Gasteiger partial charge on any atom is 0.328 e. The molecule has 4 nitrogen and oxygen atoms in total. The van der Waals surface area contributed by atoms with Crippen molar-refractivity contribution in [2.45, 2.75) is 12.5 Å². The zero-order valence-corrected chi connectivity index (χ0v) is 9.21. The lowest BCUT2D eigenvalue weighted by Gasteiger charge is -2.21. The van der Waals surface area contributed by atoms with Crippen LogP contribution < -0.4 is 11.5 Å². The first-order valence-electron chi connectivity index (χ1n) is 3.93. The van der Waals surface area contributed by atoms with Gasteiger partial charge in [-0.2, -0.15) is 0 Å². The van der Waals surface area contributed by atoms with Crippen molar-refractivity contribution in [2.24, 2.45) is 5.73 Å². The lowest BCUT2D eigenvalue weighted by Crippen LogP contribution is -2.42. The number of nitrogen functional groups attached to an aromatic ring is 1. The Hall–Kier alpha value is -1.07. The molecule has 0 radical (unpaired) electrons. The normalized spacial score (nSPS) is 14.8. The van der Waals surface area contributed by atoms with Crippen LogP contribution in [0.15, 0.2) is 22.7 Å². The third-order valence-corrected chi connectivity index (χ3v) is 2.51. The quantitative estimate of drug-likeness (QED) is 0.698. The summed E-state index contributed by atoms with van der Waals surface area (Å²) in [6, 6.07) is 4.97. The molecule has 0 amide bonds. The second-order valence-electron chi connectivity index (χ2n) is 3.24. The molecule has 0 saturated heterocycles. The van der Waals surface area contributed by atoms with Crippen molar-refractivity contribution in [1.29, 1.82) is 0 Å². The van der Waals surface area contributed by atoms with E-state index in [0.717, 1.165) is 4.47 Å². The molecule has 0 aliphatic heterocycles. The molecule has 0 spiro atoms. The lowest BCUT2D eigenvalue weighted by atomic mass is 9.92. The van der Waals surface area contributed by atoms with Gasteiger partial charge in [0.15, 0.2) is 0 Å². The summed E-state index contributed by atoms with van der Waals surface area (Å²) < 4.78 is 0.750. The van der Waals surface area contributed by atoms with Gasteiger partial charge in [-0.05, 0) is 25.1 Å². The summed E-state index contributed by atoms with van der Waals surface area (Å²) in [4.78, 5) is 10.9. The Morgan fingerprint density at radius 3 is 2.64 bits per heavy atom. The van der Waals surface area contributed by atoms with Crippen LogP contribution in [0.4, 0.5) is 5.69 Å². The molecule has 1 aromatic rings. The third-order valence-electron chi connectivity index (χ3n) is 2.02. The van der Waals surface area contributed by atoms with Gasteiger partial charge in [0.05, 0.1) is 0 Å². The molecule has 0 aliphatic carbocycles. The Morgan fingerprint density at radius 2 is 2.14 bits per heavy atom. The first-order chi connectivity index (χ1) is 6.35. The summed E-state index contributed by atoms with van der Waals surface area (Å²) in [5, 5.41) is 8.91. The Labute approximate surface area is 90.0 Å². The lowest BCUT2D eigenvalue weighted by molar-refractivity contribution is -0.143. The molecule has 5 N–H and O–H groups in total. The van der Waals surface area contributed by atoms with Crippen LogP contribution in [0.2, 0.25) is 0 Å². The van der Waals surface area contributed by atoms with Crippen molar-refractivity contribution in [3.63, 3.8) is 0 Å². The van der Waals surface area contributed by atoms with Crippen LogP contribution in [0.3, 0.4) is 0 Å². The number of carboxylic acids is 1. The monoisotopic (exact) mass is 258 g/mol. The number of hydrogen-bond donors (Lipinski definition) is 3. The van der Waals surface area contributed by atoms with Crippen LogP contribution in [0.5, 0.6) is 0 Å². The molecule has 1 aromatic carbocycles. The molecule has 14 heavy (non-hydrogen) atoms. The second kappa shape index (κ2) is 3.59. The van der Waals surface area contributed by atoms with Crippen molar-refractivity contribution < 1.29 is 9.90 Å². The van der Waals surface area contributed by atoms with E-state index in [4.69, 9.17) is 16.6 Å². The molecule has 0 aliphatic rings. The summed E-state index contributed by atoms with van der Waals surface area (Å²) in [6.07, 6.45) is 0. The number of carbonyl (C=O) groups is 1.